The summed E-state index contributed by atoms with van der Waals surface area (Å²) in [5.74, 6) is -0.858. The van der Waals surface area contributed by atoms with Gasteiger partial charge in [0.15, 0.2) is 0 Å². The third kappa shape index (κ3) is 4.06. The number of hydrogen-bond acceptors (Lipinski definition) is 4. The van der Waals surface area contributed by atoms with E-state index < -0.39 is 5.97 Å². The molecule has 1 heterocycles. The van der Waals surface area contributed by atoms with Crippen LogP contribution in [0.5, 0.6) is 0 Å². The second-order valence-electron chi connectivity index (χ2n) is 3.91. The number of aromatic nitrogens is 2. The molecule has 0 bridgehead atoms. The van der Waals surface area contributed by atoms with Crippen LogP contribution in [0.1, 0.15) is 5.56 Å². The topological polar surface area (TPSA) is 70.1 Å². The number of ether oxygens (including phenoxy) is 1. The van der Waals surface area contributed by atoms with Gasteiger partial charge in [-0.05, 0) is 23.8 Å². The van der Waals surface area contributed by atoms with E-state index in [1.54, 1.807) is 6.07 Å². The molecule has 1 aromatic heterocycles. The van der Waals surface area contributed by atoms with Gasteiger partial charge in [0.1, 0.15) is 19.0 Å². The molecule has 0 radical (unpaired) electrons. The molecule has 0 unspecified atom stereocenters. The number of nitrogen functional groups attached to an aromatic ring is 1. The first-order valence-electron chi connectivity index (χ1n) is 5.41. The lowest BCUT2D eigenvalue weighted by molar-refractivity contribution is -0.145. The lowest BCUT2D eigenvalue weighted by atomic mass is 10.2. The molecule has 0 atom stereocenters. The molecule has 0 amide bonds. The van der Waals surface area contributed by atoms with E-state index in [0.29, 0.717) is 15.7 Å². The molecule has 1 aromatic carbocycles. The number of rotatable bonds is 4. The number of carbonyl (C=O) groups excluding carboxylic acids is 1. The summed E-state index contributed by atoms with van der Waals surface area (Å²) >= 11 is 3.17. The van der Waals surface area contributed by atoms with E-state index in [1.165, 1.54) is 29.2 Å². The van der Waals surface area contributed by atoms with Gasteiger partial charge in [-0.2, -0.15) is 5.10 Å². The van der Waals surface area contributed by atoms with E-state index in [4.69, 9.17) is 10.5 Å². The summed E-state index contributed by atoms with van der Waals surface area (Å²) in [6.07, 6.45) is 2.97. The van der Waals surface area contributed by atoms with Gasteiger partial charge in [0, 0.05) is 10.7 Å². The average molecular weight is 328 g/mol. The minimum absolute atomic E-state index is 0.00590. The van der Waals surface area contributed by atoms with E-state index in [9.17, 15) is 9.18 Å². The van der Waals surface area contributed by atoms with Crippen LogP contribution in [0.3, 0.4) is 0 Å². The number of hydrogen-bond donors (Lipinski definition) is 1. The van der Waals surface area contributed by atoms with E-state index in [0.717, 1.165) is 0 Å². The molecule has 0 saturated heterocycles. The summed E-state index contributed by atoms with van der Waals surface area (Å²) in [6.45, 7) is -0.0281. The smallest absolute Gasteiger partial charge is 0.328 e. The van der Waals surface area contributed by atoms with Crippen LogP contribution in [-0.2, 0) is 22.7 Å². The maximum Gasteiger partial charge on any atom is 0.328 e. The molecule has 19 heavy (non-hydrogen) atoms. The molecule has 2 N–H and O–H groups in total. The molecule has 0 saturated carbocycles. The van der Waals surface area contributed by atoms with Crippen molar-refractivity contribution in [2.24, 2.45) is 0 Å². The van der Waals surface area contributed by atoms with Crippen molar-refractivity contribution in [2.45, 2.75) is 13.2 Å². The Labute approximate surface area is 117 Å². The van der Waals surface area contributed by atoms with Gasteiger partial charge < -0.3 is 10.5 Å². The fourth-order valence-electron chi connectivity index (χ4n) is 1.50. The minimum Gasteiger partial charge on any atom is -0.459 e. The predicted molar refractivity (Wildman–Crippen MR) is 70.5 cm³/mol. The highest BCUT2D eigenvalue weighted by Crippen LogP contribution is 2.15. The standard InChI is InChI=1S/C12H11BrFN3O2/c13-9-1-8(2-10(14)3-9)7-19-12(18)6-17-5-11(15)4-16-17/h1-5H,6-7,15H2. The van der Waals surface area contributed by atoms with Gasteiger partial charge >= 0.3 is 5.97 Å². The summed E-state index contributed by atoms with van der Waals surface area (Å²) in [6, 6.07) is 4.32. The molecule has 7 heteroatoms. The van der Waals surface area contributed by atoms with Gasteiger partial charge in [-0.15, -0.1) is 0 Å². The molecule has 0 aliphatic rings. The molecular weight excluding hydrogens is 317 g/mol. The van der Waals surface area contributed by atoms with Crippen molar-refractivity contribution >= 4 is 27.6 Å². The summed E-state index contributed by atoms with van der Waals surface area (Å²) in [7, 11) is 0. The molecule has 2 aromatic rings. The van der Waals surface area contributed by atoms with Crippen LogP contribution in [0.4, 0.5) is 10.1 Å². The quantitative estimate of drug-likeness (QED) is 0.873. The molecule has 0 fully saturated rings. The molecular formula is C12H11BrFN3O2. The van der Waals surface area contributed by atoms with Crippen molar-refractivity contribution in [2.75, 3.05) is 5.73 Å². The number of benzene rings is 1. The number of esters is 1. The monoisotopic (exact) mass is 327 g/mol. The zero-order chi connectivity index (χ0) is 13.8. The van der Waals surface area contributed by atoms with Crippen LogP contribution < -0.4 is 5.73 Å². The van der Waals surface area contributed by atoms with Crippen molar-refractivity contribution in [1.29, 1.82) is 0 Å². The van der Waals surface area contributed by atoms with Crippen LogP contribution in [-0.4, -0.2) is 15.7 Å². The molecule has 0 spiro atoms. The Morgan fingerprint density at radius 2 is 2.26 bits per heavy atom. The van der Waals surface area contributed by atoms with Gasteiger partial charge in [0.2, 0.25) is 0 Å². The number of carbonyl (C=O) groups is 1. The fraction of sp³-hybridized carbons (Fsp3) is 0.167. The van der Waals surface area contributed by atoms with Gasteiger partial charge in [0.25, 0.3) is 0 Å². The molecule has 0 aliphatic carbocycles. The van der Waals surface area contributed by atoms with Crippen LogP contribution in [0, 0.1) is 5.82 Å². The first-order valence-corrected chi connectivity index (χ1v) is 6.21. The number of halogens is 2. The van der Waals surface area contributed by atoms with E-state index in [1.807, 2.05) is 0 Å². The Hall–Kier alpha value is -1.89. The Balaban J connectivity index is 1.89. The van der Waals surface area contributed by atoms with Gasteiger partial charge in [-0.25, -0.2) is 4.39 Å². The zero-order valence-electron chi connectivity index (χ0n) is 9.85. The molecule has 5 nitrogen and oxygen atoms in total. The predicted octanol–water partition coefficient (Wildman–Crippen LogP) is 2.11. The largest absolute Gasteiger partial charge is 0.459 e. The van der Waals surface area contributed by atoms with Crippen LogP contribution in [0.15, 0.2) is 35.1 Å². The number of nitrogens with zero attached hydrogens (tertiary/aromatic N) is 2. The summed E-state index contributed by atoms with van der Waals surface area (Å²) in [4.78, 5) is 11.5. The van der Waals surface area contributed by atoms with E-state index >= 15 is 0 Å². The van der Waals surface area contributed by atoms with Crippen molar-refractivity contribution in [1.82, 2.24) is 9.78 Å². The first kappa shape index (κ1) is 13.5. The highest BCUT2D eigenvalue weighted by molar-refractivity contribution is 9.10. The summed E-state index contributed by atoms with van der Waals surface area (Å²) in [5.41, 5.74) is 6.51. The number of anilines is 1. The third-order valence-corrected chi connectivity index (χ3v) is 2.72. The van der Waals surface area contributed by atoms with Crippen LogP contribution >= 0.6 is 15.9 Å². The Morgan fingerprint density at radius 3 is 2.89 bits per heavy atom. The van der Waals surface area contributed by atoms with Gasteiger partial charge in [-0.1, -0.05) is 15.9 Å². The Morgan fingerprint density at radius 1 is 1.47 bits per heavy atom. The molecule has 2 rings (SSSR count). The minimum atomic E-state index is -0.469. The highest BCUT2D eigenvalue weighted by Gasteiger charge is 2.07. The average Bonchev–Trinajstić information content (AvgIpc) is 2.71. The van der Waals surface area contributed by atoms with Crippen LogP contribution in [0.25, 0.3) is 0 Å². The zero-order valence-corrected chi connectivity index (χ0v) is 11.4. The maximum atomic E-state index is 13.1. The second-order valence-corrected chi connectivity index (χ2v) is 4.83. The third-order valence-electron chi connectivity index (χ3n) is 2.27. The Kier molecular flexibility index (Phi) is 4.16. The lowest BCUT2D eigenvalue weighted by Gasteiger charge is -2.06. The number of nitrogens with two attached hydrogens (primary N) is 1. The van der Waals surface area contributed by atoms with Crippen LogP contribution in [0.2, 0.25) is 0 Å². The van der Waals surface area contributed by atoms with Gasteiger partial charge in [0.05, 0.1) is 11.9 Å². The SMILES string of the molecule is Nc1cnn(CC(=O)OCc2cc(F)cc(Br)c2)c1. The van der Waals surface area contributed by atoms with E-state index in [-0.39, 0.29) is 19.0 Å². The second kappa shape index (κ2) is 5.83. The van der Waals surface area contributed by atoms with E-state index in [2.05, 4.69) is 21.0 Å². The van der Waals surface area contributed by atoms with Crippen molar-refractivity contribution < 1.29 is 13.9 Å². The fourth-order valence-corrected chi connectivity index (χ4v) is 2.01. The summed E-state index contributed by atoms with van der Waals surface area (Å²) in [5, 5.41) is 3.86. The lowest BCUT2D eigenvalue weighted by Crippen LogP contribution is -2.13. The van der Waals surface area contributed by atoms with Crippen molar-refractivity contribution in [3.8, 4) is 0 Å². The highest BCUT2D eigenvalue weighted by atomic mass is 79.9. The Bertz CT molecular complexity index is 580. The molecule has 0 aliphatic heterocycles. The van der Waals surface area contributed by atoms with Crippen molar-refractivity contribution in [3.05, 3.63) is 46.4 Å². The maximum absolute atomic E-state index is 13.1. The molecule has 100 valence electrons. The first-order chi connectivity index (χ1) is 9.02. The van der Waals surface area contributed by atoms with Crippen molar-refractivity contribution in [3.63, 3.8) is 0 Å². The van der Waals surface area contributed by atoms with Gasteiger partial charge in [-0.3, -0.25) is 9.48 Å². The normalized spacial score (nSPS) is 10.4. The summed E-state index contributed by atoms with van der Waals surface area (Å²) < 4.78 is 20.1.